The molecule has 1 aromatic rings. The fourth-order valence-electron chi connectivity index (χ4n) is 4.38. The SMILES string of the molecule is CCCCCCCCCCCCCCCC(=O)N[C@H](Cc1cnc[nH]1)C(=O)N[C@@H](C(=O)OCC)C(C)C. The number of aromatic amines is 1. The second kappa shape index (κ2) is 20.7. The van der Waals surface area contributed by atoms with Crippen LogP contribution in [0.5, 0.6) is 0 Å². The highest BCUT2D eigenvalue weighted by Gasteiger charge is 2.30. The van der Waals surface area contributed by atoms with Crippen LogP contribution in [0.25, 0.3) is 0 Å². The number of imidazole rings is 1. The van der Waals surface area contributed by atoms with Crippen molar-refractivity contribution in [3.05, 3.63) is 18.2 Å². The summed E-state index contributed by atoms with van der Waals surface area (Å²) < 4.78 is 5.11. The second-order valence-electron chi connectivity index (χ2n) is 10.4. The topological polar surface area (TPSA) is 113 Å². The first-order valence-electron chi connectivity index (χ1n) is 14.6. The highest BCUT2D eigenvalue weighted by molar-refractivity contribution is 5.91. The number of hydrogen-bond acceptors (Lipinski definition) is 5. The summed E-state index contributed by atoms with van der Waals surface area (Å²) in [4.78, 5) is 45.0. The number of rotatable bonds is 22. The molecule has 0 radical (unpaired) electrons. The monoisotopic (exact) mass is 520 g/mol. The van der Waals surface area contributed by atoms with Gasteiger partial charge >= 0.3 is 5.97 Å². The Morgan fingerprint density at radius 2 is 1.43 bits per heavy atom. The van der Waals surface area contributed by atoms with Crippen LogP contribution in [0.2, 0.25) is 0 Å². The lowest BCUT2D eigenvalue weighted by molar-refractivity contribution is -0.149. The maximum Gasteiger partial charge on any atom is 0.328 e. The van der Waals surface area contributed by atoms with Gasteiger partial charge in [0.25, 0.3) is 0 Å². The molecule has 0 spiro atoms. The zero-order chi connectivity index (χ0) is 27.3. The highest BCUT2D eigenvalue weighted by Crippen LogP contribution is 2.13. The Morgan fingerprint density at radius 1 is 0.865 bits per heavy atom. The molecule has 2 atom stereocenters. The van der Waals surface area contributed by atoms with Gasteiger partial charge < -0.3 is 20.4 Å². The lowest BCUT2D eigenvalue weighted by Crippen LogP contribution is -2.54. The largest absolute Gasteiger partial charge is 0.464 e. The van der Waals surface area contributed by atoms with E-state index < -0.39 is 24.0 Å². The molecule has 2 amide bonds. The summed E-state index contributed by atoms with van der Waals surface area (Å²) >= 11 is 0. The molecule has 0 saturated carbocycles. The average molecular weight is 521 g/mol. The van der Waals surface area contributed by atoms with E-state index in [0.29, 0.717) is 6.42 Å². The molecule has 0 aliphatic rings. The Morgan fingerprint density at radius 3 is 1.92 bits per heavy atom. The maximum atomic E-state index is 13.0. The second-order valence-corrected chi connectivity index (χ2v) is 10.4. The molecule has 0 aromatic carbocycles. The number of nitrogens with one attached hydrogen (secondary N) is 3. The van der Waals surface area contributed by atoms with Gasteiger partial charge in [-0.2, -0.15) is 0 Å². The van der Waals surface area contributed by atoms with E-state index in [-0.39, 0.29) is 24.9 Å². The van der Waals surface area contributed by atoms with E-state index in [1.165, 1.54) is 70.5 Å². The molecule has 0 bridgehead atoms. The Kier molecular flexibility index (Phi) is 18.2. The van der Waals surface area contributed by atoms with Gasteiger partial charge in [-0.15, -0.1) is 0 Å². The molecule has 0 aliphatic heterocycles. The number of nitrogens with zero attached hydrogens (tertiary/aromatic N) is 1. The summed E-state index contributed by atoms with van der Waals surface area (Å²) in [5, 5.41) is 5.64. The molecule has 0 unspecified atom stereocenters. The quantitative estimate of drug-likeness (QED) is 0.136. The predicted octanol–water partition coefficient (Wildman–Crippen LogP) is 5.62. The van der Waals surface area contributed by atoms with Crippen molar-refractivity contribution in [2.75, 3.05) is 6.61 Å². The third kappa shape index (κ3) is 15.5. The molecule has 1 heterocycles. The molecular weight excluding hydrogens is 468 g/mol. The molecule has 3 N–H and O–H groups in total. The van der Waals surface area contributed by atoms with Crippen LogP contribution < -0.4 is 10.6 Å². The minimum absolute atomic E-state index is 0.141. The van der Waals surface area contributed by atoms with Crippen LogP contribution in [0.1, 0.15) is 123 Å². The van der Waals surface area contributed by atoms with Crippen molar-refractivity contribution in [2.24, 2.45) is 5.92 Å². The fourth-order valence-corrected chi connectivity index (χ4v) is 4.38. The van der Waals surface area contributed by atoms with Crippen molar-refractivity contribution in [3.63, 3.8) is 0 Å². The number of carbonyl (C=O) groups is 3. The maximum absolute atomic E-state index is 13.0. The normalized spacial score (nSPS) is 12.8. The number of esters is 1. The van der Waals surface area contributed by atoms with E-state index in [9.17, 15) is 14.4 Å². The smallest absolute Gasteiger partial charge is 0.328 e. The highest BCUT2D eigenvalue weighted by atomic mass is 16.5. The van der Waals surface area contributed by atoms with Crippen LogP contribution in [0, 0.1) is 5.92 Å². The lowest BCUT2D eigenvalue weighted by Gasteiger charge is -2.24. The van der Waals surface area contributed by atoms with Crippen molar-refractivity contribution in [2.45, 2.75) is 136 Å². The zero-order valence-electron chi connectivity index (χ0n) is 23.8. The molecule has 212 valence electrons. The number of aromatic nitrogens is 2. The van der Waals surface area contributed by atoms with E-state index >= 15 is 0 Å². The van der Waals surface area contributed by atoms with Crippen molar-refractivity contribution in [1.29, 1.82) is 0 Å². The minimum Gasteiger partial charge on any atom is -0.464 e. The zero-order valence-corrected chi connectivity index (χ0v) is 23.8. The van der Waals surface area contributed by atoms with Crippen LogP contribution in [-0.2, 0) is 25.5 Å². The van der Waals surface area contributed by atoms with Gasteiger partial charge in [-0.3, -0.25) is 9.59 Å². The summed E-state index contributed by atoms with van der Waals surface area (Å²) in [6.45, 7) is 7.92. The van der Waals surface area contributed by atoms with Crippen LogP contribution in [0.15, 0.2) is 12.5 Å². The van der Waals surface area contributed by atoms with Gasteiger partial charge in [0.1, 0.15) is 12.1 Å². The van der Waals surface area contributed by atoms with Crippen molar-refractivity contribution in [1.82, 2.24) is 20.6 Å². The molecule has 0 fully saturated rings. The van der Waals surface area contributed by atoms with Gasteiger partial charge in [0.15, 0.2) is 0 Å². The van der Waals surface area contributed by atoms with E-state index in [0.717, 1.165) is 25.0 Å². The van der Waals surface area contributed by atoms with Crippen LogP contribution in [0.4, 0.5) is 0 Å². The van der Waals surface area contributed by atoms with Crippen LogP contribution in [0.3, 0.4) is 0 Å². The first-order chi connectivity index (χ1) is 17.9. The van der Waals surface area contributed by atoms with Crippen LogP contribution >= 0.6 is 0 Å². The first-order valence-corrected chi connectivity index (χ1v) is 14.6. The molecule has 8 heteroatoms. The Balaban J connectivity index is 2.36. The summed E-state index contributed by atoms with van der Waals surface area (Å²) in [5.41, 5.74) is 0.735. The summed E-state index contributed by atoms with van der Waals surface area (Å²) in [5.74, 6) is -1.17. The summed E-state index contributed by atoms with van der Waals surface area (Å²) in [6, 6.07) is -1.57. The standard InChI is InChI=1S/C29H52N4O4/c1-5-7-8-9-10-11-12-13-14-15-16-17-18-19-26(34)32-25(20-24-21-30-22-31-24)28(35)33-27(23(3)4)29(36)37-6-2/h21-23,25,27H,5-20H2,1-4H3,(H,30,31)(H,32,34)(H,33,35)/t25-,27-/m1/s1. The molecule has 8 nitrogen and oxygen atoms in total. The van der Waals surface area contributed by atoms with Gasteiger partial charge in [-0.1, -0.05) is 97.8 Å². The Labute approximate surface area is 224 Å². The van der Waals surface area contributed by atoms with Gasteiger partial charge in [0.2, 0.25) is 11.8 Å². The van der Waals surface area contributed by atoms with E-state index in [1.54, 1.807) is 13.1 Å². The van der Waals surface area contributed by atoms with E-state index in [2.05, 4.69) is 27.5 Å². The van der Waals surface area contributed by atoms with Crippen molar-refractivity contribution in [3.8, 4) is 0 Å². The molecule has 1 aromatic heterocycles. The Hall–Kier alpha value is -2.38. The van der Waals surface area contributed by atoms with Gasteiger partial charge in [-0.25, -0.2) is 9.78 Å². The average Bonchev–Trinajstić information content (AvgIpc) is 3.38. The number of unbranched alkanes of at least 4 members (excludes halogenated alkanes) is 12. The van der Waals surface area contributed by atoms with Gasteiger partial charge in [-0.05, 0) is 19.3 Å². The van der Waals surface area contributed by atoms with Crippen molar-refractivity contribution < 1.29 is 19.1 Å². The number of carbonyl (C=O) groups excluding carboxylic acids is 3. The van der Waals surface area contributed by atoms with E-state index in [4.69, 9.17) is 4.74 Å². The summed E-state index contributed by atoms with van der Waals surface area (Å²) in [7, 11) is 0. The van der Waals surface area contributed by atoms with E-state index in [1.807, 2.05) is 13.8 Å². The van der Waals surface area contributed by atoms with Crippen molar-refractivity contribution >= 4 is 17.8 Å². The number of amides is 2. The van der Waals surface area contributed by atoms with Gasteiger partial charge in [0, 0.05) is 24.7 Å². The predicted molar refractivity (Wildman–Crippen MR) is 148 cm³/mol. The molecular formula is C29H52N4O4. The molecule has 0 aliphatic carbocycles. The number of ether oxygens (including phenoxy) is 1. The Bertz CT molecular complexity index is 736. The first kappa shape index (κ1) is 32.6. The number of hydrogen-bond donors (Lipinski definition) is 3. The third-order valence-electron chi connectivity index (χ3n) is 6.64. The van der Waals surface area contributed by atoms with Gasteiger partial charge in [0.05, 0.1) is 12.9 Å². The minimum atomic E-state index is -0.800. The molecule has 1 rings (SSSR count). The fraction of sp³-hybridized carbons (Fsp3) is 0.793. The number of H-pyrrole nitrogens is 1. The van der Waals surface area contributed by atoms with Crippen LogP contribution in [-0.4, -0.2) is 46.4 Å². The third-order valence-corrected chi connectivity index (χ3v) is 6.64. The molecule has 0 saturated heterocycles. The molecule has 37 heavy (non-hydrogen) atoms. The lowest BCUT2D eigenvalue weighted by atomic mass is 10.0. The summed E-state index contributed by atoms with van der Waals surface area (Å²) in [6.07, 6.45) is 20.1.